The number of esters is 1. The van der Waals surface area contributed by atoms with Crippen LogP contribution in [0.2, 0.25) is 5.15 Å². The Morgan fingerprint density at radius 2 is 1.90 bits per heavy atom. The number of hydrogen-bond donors (Lipinski definition) is 0. The van der Waals surface area contributed by atoms with Crippen molar-refractivity contribution in [1.82, 2.24) is 4.98 Å². The van der Waals surface area contributed by atoms with Crippen LogP contribution in [0.3, 0.4) is 0 Å². The van der Waals surface area contributed by atoms with Gasteiger partial charge in [-0.1, -0.05) is 39.7 Å². The van der Waals surface area contributed by atoms with Gasteiger partial charge in [0.1, 0.15) is 5.15 Å². The highest BCUT2D eigenvalue weighted by atomic mass is 79.9. The molecule has 6 heteroatoms. The standard InChI is InChI=1S/C14H9BrClNO3/c15-10-5-3-9(4-6-10)12(18)8-20-14(19)11-2-1-7-17-13(11)16/h1-7H,8H2. The van der Waals surface area contributed by atoms with E-state index in [-0.39, 0.29) is 23.1 Å². The van der Waals surface area contributed by atoms with E-state index in [1.807, 2.05) is 0 Å². The molecule has 0 aliphatic heterocycles. The number of carbonyl (C=O) groups is 2. The van der Waals surface area contributed by atoms with Gasteiger partial charge >= 0.3 is 5.97 Å². The highest BCUT2D eigenvalue weighted by molar-refractivity contribution is 9.10. The van der Waals surface area contributed by atoms with Crippen LogP contribution in [0.5, 0.6) is 0 Å². The molecular formula is C14H9BrClNO3. The van der Waals surface area contributed by atoms with Crippen LogP contribution < -0.4 is 0 Å². The number of ketones is 1. The summed E-state index contributed by atoms with van der Waals surface area (Å²) in [6.07, 6.45) is 1.46. The molecule has 0 fully saturated rings. The van der Waals surface area contributed by atoms with Gasteiger partial charge in [-0.2, -0.15) is 0 Å². The highest BCUT2D eigenvalue weighted by Crippen LogP contribution is 2.14. The maximum atomic E-state index is 11.8. The molecule has 0 aliphatic rings. The molecule has 0 N–H and O–H groups in total. The molecule has 0 amide bonds. The lowest BCUT2D eigenvalue weighted by molar-refractivity contribution is 0.0474. The van der Waals surface area contributed by atoms with Crippen molar-refractivity contribution in [2.75, 3.05) is 6.61 Å². The monoisotopic (exact) mass is 353 g/mol. The lowest BCUT2D eigenvalue weighted by atomic mass is 10.1. The van der Waals surface area contributed by atoms with E-state index < -0.39 is 5.97 Å². The lowest BCUT2D eigenvalue weighted by Gasteiger charge is -2.05. The molecule has 1 aromatic heterocycles. The second kappa shape index (κ2) is 6.63. The van der Waals surface area contributed by atoms with Crippen molar-refractivity contribution in [1.29, 1.82) is 0 Å². The molecule has 0 unspecified atom stereocenters. The minimum absolute atomic E-state index is 0.0496. The molecule has 20 heavy (non-hydrogen) atoms. The molecule has 2 aromatic rings. The summed E-state index contributed by atoms with van der Waals surface area (Å²) < 4.78 is 5.80. The summed E-state index contributed by atoms with van der Waals surface area (Å²) in [5, 5.41) is 0.0496. The largest absolute Gasteiger partial charge is 0.454 e. The molecule has 1 aromatic carbocycles. The van der Waals surface area contributed by atoms with Crippen LogP contribution in [0.25, 0.3) is 0 Å². The molecule has 0 radical (unpaired) electrons. The van der Waals surface area contributed by atoms with E-state index in [1.165, 1.54) is 12.3 Å². The van der Waals surface area contributed by atoms with Gasteiger partial charge in [0, 0.05) is 16.2 Å². The first-order valence-corrected chi connectivity index (χ1v) is 6.81. The quantitative estimate of drug-likeness (QED) is 0.479. The van der Waals surface area contributed by atoms with E-state index in [0.29, 0.717) is 5.56 Å². The normalized spacial score (nSPS) is 10.1. The number of ether oxygens (including phenoxy) is 1. The van der Waals surface area contributed by atoms with Gasteiger partial charge in [-0.05, 0) is 24.3 Å². The Labute approximate surface area is 128 Å². The molecular weight excluding hydrogens is 346 g/mol. The van der Waals surface area contributed by atoms with Crippen molar-refractivity contribution in [3.05, 3.63) is 63.3 Å². The second-order valence-corrected chi connectivity index (χ2v) is 5.12. The van der Waals surface area contributed by atoms with E-state index in [9.17, 15) is 9.59 Å². The molecule has 0 saturated heterocycles. The third-order valence-corrected chi connectivity index (χ3v) is 3.31. The van der Waals surface area contributed by atoms with Crippen LogP contribution in [0.15, 0.2) is 47.1 Å². The van der Waals surface area contributed by atoms with Crippen molar-refractivity contribution in [2.45, 2.75) is 0 Å². The average molecular weight is 355 g/mol. The van der Waals surface area contributed by atoms with Gasteiger partial charge in [0.25, 0.3) is 0 Å². The molecule has 102 valence electrons. The Hall–Kier alpha value is -1.72. The summed E-state index contributed by atoms with van der Waals surface area (Å²) >= 11 is 9.04. The maximum absolute atomic E-state index is 11.8. The average Bonchev–Trinajstić information content (AvgIpc) is 2.45. The van der Waals surface area contributed by atoms with Crippen LogP contribution in [0.4, 0.5) is 0 Å². The van der Waals surface area contributed by atoms with Gasteiger partial charge in [-0.15, -0.1) is 0 Å². The molecule has 1 heterocycles. The van der Waals surface area contributed by atoms with E-state index in [4.69, 9.17) is 16.3 Å². The highest BCUT2D eigenvalue weighted by Gasteiger charge is 2.14. The van der Waals surface area contributed by atoms with Gasteiger partial charge in [-0.3, -0.25) is 4.79 Å². The Balaban J connectivity index is 1.99. The van der Waals surface area contributed by atoms with Gasteiger partial charge < -0.3 is 4.74 Å². The van der Waals surface area contributed by atoms with Gasteiger partial charge in [0.15, 0.2) is 12.4 Å². The van der Waals surface area contributed by atoms with Gasteiger partial charge in [-0.25, -0.2) is 9.78 Å². The van der Waals surface area contributed by atoms with Crippen LogP contribution >= 0.6 is 27.5 Å². The van der Waals surface area contributed by atoms with Crippen molar-refractivity contribution in [3.63, 3.8) is 0 Å². The van der Waals surface area contributed by atoms with E-state index >= 15 is 0 Å². The first kappa shape index (κ1) is 14.7. The first-order valence-electron chi connectivity index (χ1n) is 5.64. The predicted octanol–water partition coefficient (Wildman–Crippen LogP) is 3.54. The molecule has 0 aliphatic carbocycles. The van der Waals surface area contributed by atoms with Crippen LogP contribution in [0.1, 0.15) is 20.7 Å². The molecule has 0 spiro atoms. The molecule has 0 bridgehead atoms. The Kier molecular flexibility index (Phi) is 4.87. The summed E-state index contributed by atoms with van der Waals surface area (Å²) in [4.78, 5) is 27.4. The van der Waals surface area contributed by atoms with Gasteiger partial charge in [0.2, 0.25) is 0 Å². The zero-order chi connectivity index (χ0) is 14.5. The smallest absolute Gasteiger partial charge is 0.341 e. The topological polar surface area (TPSA) is 56.3 Å². The van der Waals surface area contributed by atoms with Crippen LogP contribution in [-0.2, 0) is 4.74 Å². The molecule has 2 rings (SSSR count). The summed E-state index contributed by atoms with van der Waals surface area (Å²) in [6.45, 7) is -0.342. The number of Topliss-reactive ketones (excluding diaryl/α,β-unsaturated/α-hetero) is 1. The Morgan fingerprint density at radius 3 is 2.55 bits per heavy atom. The predicted molar refractivity (Wildman–Crippen MR) is 78.0 cm³/mol. The summed E-state index contributed by atoms with van der Waals surface area (Å²) in [5.74, 6) is -0.959. The number of rotatable bonds is 4. The SMILES string of the molecule is O=C(COC(=O)c1cccnc1Cl)c1ccc(Br)cc1. The summed E-state index contributed by atoms with van der Waals surface area (Å²) in [5.41, 5.74) is 0.607. The van der Waals surface area contributed by atoms with Crippen molar-refractivity contribution in [2.24, 2.45) is 0 Å². The molecule has 0 saturated carbocycles. The Morgan fingerprint density at radius 1 is 1.20 bits per heavy atom. The van der Waals surface area contributed by atoms with E-state index in [1.54, 1.807) is 30.3 Å². The number of pyridine rings is 1. The van der Waals surface area contributed by atoms with E-state index in [2.05, 4.69) is 20.9 Å². The number of benzene rings is 1. The summed E-state index contributed by atoms with van der Waals surface area (Å²) in [6, 6.07) is 9.84. The van der Waals surface area contributed by atoms with Crippen molar-refractivity contribution < 1.29 is 14.3 Å². The van der Waals surface area contributed by atoms with E-state index in [0.717, 1.165) is 4.47 Å². The number of carbonyl (C=O) groups excluding carboxylic acids is 2. The molecule has 0 atom stereocenters. The van der Waals surface area contributed by atoms with Crippen molar-refractivity contribution in [3.8, 4) is 0 Å². The second-order valence-electron chi connectivity index (χ2n) is 3.85. The summed E-state index contributed by atoms with van der Waals surface area (Å²) in [7, 11) is 0. The fourth-order valence-electron chi connectivity index (χ4n) is 1.47. The number of halogens is 2. The zero-order valence-corrected chi connectivity index (χ0v) is 12.5. The maximum Gasteiger partial charge on any atom is 0.341 e. The lowest BCUT2D eigenvalue weighted by Crippen LogP contribution is -2.14. The number of hydrogen-bond acceptors (Lipinski definition) is 4. The molecule has 4 nitrogen and oxygen atoms in total. The van der Waals surface area contributed by atoms with Gasteiger partial charge in [0.05, 0.1) is 5.56 Å². The number of nitrogens with zero attached hydrogens (tertiary/aromatic N) is 1. The number of aromatic nitrogens is 1. The minimum Gasteiger partial charge on any atom is -0.454 e. The fraction of sp³-hybridized carbons (Fsp3) is 0.0714. The Bertz CT molecular complexity index is 643. The fourth-order valence-corrected chi connectivity index (χ4v) is 1.93. The van der Waals surface area contributed by atoms with Crippen molar-refractivity contribution >= 4 is 39.3 Å². The third-order valence-electron chi connectivity index (χ3n) is 2.48. The third kappa shape index (κ3) is 3.65. The first-order chi connectivity index (χ1) is 9.58. The minimum atomic E-state index is -0.673. The zero-order valence-electron chi connectivity index (χ0n) is 10.2. The van der Waals surface area contributed by atoms with Crippen LogP contribution in [0, 0.1) is 0 Å². The van der Waals surface area contributed by atoms with Crippen LogP contribution in [-0.4, -0.2) is 23.3 Å².